The molecule has 1 aromatic carbocycles. The van der Waals surface area contributed by atoms with Gasteiger partial charge in [0.25, 0.3) is 5.69 Å². The number of rotatable bonds is 6. The predicted molar refractivity (Wildman–Crippen MR) is 94.1 cm³/mol. The van der Waals surface area contributed by atoms with Crippen LogP contribution < -0.4 is 0 Å². The molecule has 0 amide bonds. The fraction of sp³-hybridized carbons (Fsp3) is 0.632. The summed E-state index contributed by atoms with van der Waals surface area (Å²) in [5.41, 5.74) is 0.867. The van der Waals surface area contributed by atoms with Gasteiger partial charge in [-0.1, -0.05) is 6.42 Å². The maximum atomic E-state index is 11.5. The molecule has 0 radical (unpaired) electrons. The van der Waals surface area contributed by atoms with E-state index in [9.17, 15) is 14.9 Å². The van der Waals surface area contributed by atoms with Gasteiger partial charge < -0.3 is 9.64 Å². The zero-order valence-electron chi connectivity index (χ0n) is 14.7. The van der Waals surface area contributed by atoms with Gasteiger partial charge in [0.1, 0.15) is 6.10 Å². The van der Waals surface area contributed by atoms with Crippen molar-refractivity contribution in [1.29, 1.82) is 0 Å². The molecule has 2 bridgehead atoms. The van der Waals surface area contributed by atoms with E-state index in [0.29, 0.717) is 0 Å². The first-order chi connectivity index (χ1) is 12.0. The van der Waals surface area contributed by atoms with Gasteiger partial charge in [-0.3, -0.25) is 14.9 Å². The molecule has 1 heterocycles. The third-order valence-electron chi connectivity index (χ3n) is 5.51. The summed E-state index contributed by atoms with van der Waals surface area (Å²) in [6.07, 6.45) is 5.74. The number of carbonyl (C=O) groups excluding carboxylic acids is 1. The summed E-state index contributed by atoms with van der Waals surface area (Å²) in [5.74, 6) is 1.39. The minimum absolute atomic E-state index is 0.0499. The highest BCUT2D eigenvalue weighted by molar-refractivity contribution is 5.66. The van der Waals surface area contributed by atoms with Gasteiger partial charge in [-0.05, 0) is 55.3 Å². The lowest BCUT2D eigenvalue weighted by atomic mass is 10.0. The van der Waals surface area contributed by atoms with Gasteiger partial charge >= 0.3 is 5.97 Å². The summed E-state index contributed by atoms with van der Waals surface area (Å²) in [6.45, 7) is 4.55. The Morgan fingerprint density at radius 3 is 2.68 bits per heavy atom. The van der Waals surface area contributed by atoms with Crippen molar-refractivity contribution in [2.45, 2.75) is 45.1 Å². The summed E-state index contributed by atoms with van der Waals surface area (Å²) >= 11 is 0. The number of hydrogen-bond donors (Lipinski definition) is 0. The average Bonchev–Trinajstić information content (AvgIpc) is 2.92. The Balaban J connectivity index is 1.62. The Bertz CT molecular complexity index is 616. The first kappa shape index (κ1) is 17.9. The third kappa shape index (κ3) is 4.78. The molecule has 136 valence electrons. The molecule has 0 unspecified atom stereocenters. The van der Waals surface area contributed by atoms with Crippen LogP contribution in [0, 0.1) is 22.0 Å². The number of likely N-dealkylation sites (tertiary alicyclic amines) is 1. The van der Waals surface area contributed by atoms with E-state index in [1.54, 1.807) is 12.1 Å². The SMILES string of the molecule is CC(=O)O[C@H](CCN1CC[C@@H]2CC[C@@H](C2)C1)c1ccc([N+](=O)[O-])cc1. The normalized spacial score (nSPS) is 24.5. The van der Waals surface area contributed by atoms with E-state index in [1.807, 2.05) is 0 Å². The van der Waals surface area contributed by atoms with Crippen molar-refractivity contribution in [3.8, 4) is 0 Å². The van der Waals surface area contributed by atoms with Crippen molar-refractivity contribution >= 4 is 11.7 Å². The number of benzene rings is 1. The van der Waals surface area contributed by atoms with Gasteiger partial charge in [0.05, 0.1) is 4.92 Å². The molecule has 25 heavy (non-hydrogen) atoms. The molecule has 1 aliphatic heterocycles. The molecule has 2 fully saturated rings. The molecule has 0 N–H and O–H groups in total. The standard InChI is InChI=1S/C19H26N2O4/c1-14(22)25-19(17-4-6-18(7-5-17)21(23)24)9-11-20-10-8-15-2-3-16(12-15)13-20/h4-7,15-16,19H,2-3,8-13H2,1H3/t15-,16-,19+/m0/s1. The summed E-state index contributed by atoms with van der Waals surface area (Å²) in [7, 11) is 0. The minimum atomic E-state index is -0.420. The molecule has 2 aliphatic rings. The predicted octanol–water partition coefficient (Wildman–Crippen LogP) is 3.71. The van der Waals surface area contributed by atoms with Gasteiger partial charge in [-0.2, -0.15) is 0 Å². The lowest BCUT2D eigenvalue weighted by molar-refractivity contribution is -0.384. The second-order valence-corrected chi connectivity index (χ2v) is 7.37. The Morgan fingerprint density at radius 1 is 1.28 bits per heavy atom. The van der Waals surface area contributed by atoms with E-state index >= 15 is 0 Å². The zero-order chi connectivity index (χ0) is 17.8. The quantitative estimate of drug-likeness (QED) is 0.446. The fourth-order valence-corrected chi connectivity index (χ4v) is 4.24. The van der Waals surface area contributed by atoms with Crippen LogP contribution in [0.4, 0.5) is 5.69 Å². The molecule has 3 atom stereocenters. The van der Waals surface area contributed by atoms with E-state index in [4.69, 9.17) is 4.74 Å². The number of nitro benzene ring substituents is 1. The Labute approximate surface area is 148 Å². The first-order valence-corrected chi connectivity index (χ1v) is 9.15. The molecule has 0 aromatic heterocycles. The third-order valence-corrected chi connectivity index (χ3v) is 5.51. The molecule has 1 saturated carbocycles. The molecule has 6 heteroatoms. The first-order valence-electron chi connectivity index (χ1n) is 9.15. The van der Waals surface area contributed by atoms with Crippen molar-refractivity contribution < 1.29 is 14.5 Å². The van der Waals surface area contributed by atoms with Crippen LogP contribution in [0.15, 0.2) is 24.3 Å². The largest absolute Gasteiger partial charge is 0.458 e. The van der Waals surface area contributed by atoms with E-state index in [1.165, 1.54) is 44.7 Å². The van der Waals surface area contributed by atoms with Crippen LogP contribution in [0.3, 0.4) is 0 Å². The van der Waals surface area contributed by atoms with Crippen LogP contribution >= 0.6 is 0 Å². The molecule has 3 rings (SSSR count). The minimum Gasteiger partial charge on any atom is -0.458 e. The molecule has 1 aliphatic carbocycles. The van der Waals surface area contributed by atoms with Crippen molar-refractivity contribution in [3.63, 3.8) is 0 Å². The van der Waals surface area contributed by atoms with Crippen molar-refractivity contribution in [1.82, 2.24) is 4.90 Å². The monoisotopic (exact) mass is 346 g/mol. The van der Waals surface area contributed by atoms with Crippen LogP contribution in [0.5, 0.6) is 0 Å². The zero-order valence-corrected chi connectivity index (χ0v) is 14.7. The number of fused-ring (bicyclic) bond motifs is 2. The number of nitro groups is 1. The smallest absolute Gasteiger partial charge is 0.303 e. The number of hydrogen-bond acceptors (Lipinski definition) is 5. The summed E-state index contributed by atoms with van der Waals surface area (Å²) in [5, 5.41) is 10.8. The maximum absolute atomic E-state index is 11.5. The number of non-ortho nitro benzene ring substituents is 1. The second-order valence-electron chi connectivity index (χ2n) is 7.37. The molecule has 0 spiro atoms. The van der Waals surface area contributed by atoms with E-state index in [-0.39, 0.29) is 17.8 Å². The van der Waals surface area contributed by atoms with Crippen LogP contribution in [-0.4, -0.2) is 35.4 Å². The lowest BCUT2D eigenvalue weighted by Crippen LogP contribution is -2.31. The summed E-state index contributed by atoms with van der Waals surface area (Å²) < 4.78 is 5.49. The highest BCUT2D eigenvalue weighted by atomic mass is 16.6. The summed E-state index contributed by atoms with van der Waals surface area (Å²) in [4.78, 5) is 24.3. The van der Waals surface area contributed by atoms with E-state index in [2.05, 4.69) is 4.90 Å². The van der Waals surface area contributed by atoms with Gasteiger partial charge in [0, 0.05) is 38.6 Å². The molecular weight excluding hydrogens is 320 g/mol. The van der Waals surface area contributed by atoms with Gasteiger partial charge in [0.15, 0.2) is 0 Å². The average molecular weight is 346 g/mol. The fourth-order valence-electron chi connectivity index (χ4n) is 4.24. The molecular formula is C19H26N2O4. The Morgan fingerprint density at radius 2 is 2.00 bits per heavy atom. The van der Waals surface area contributed by atoms with Crippen LogP contribution in [0.1, 0.15) is 50.7 Å². The van der Waals surface area contributed by atoms with Crippen LogP contribution in [-0.2, 0) is 9.53 Å². The number of nitrogens with zero attached hydrogens (tertiary/aromatic N) is 2. The number of esters is 1. The molecule has 1 saturated heterocycles. The van der Waals surface area contributed by atoms with E-state index < -0.39 is 4.92 Å². The van der Waals surface area contributed by atoms with Crippen molar-refractivity contribution in [2.75, 3.05) is 19.6 Å². The van der Waals surface area contributed by atoms with Crippen molar-refractivity contribution in [2.24, 2.45) is 11.8 Å². The van der Waals surface area contributed by atoms with Crippen molar-refractivity contribution in [3.05, 3.63) is 39.9 Å². The topological polar surface area (TPSA) is 72.7 Å². The Hall–Kier alpha value is -1.95. The Kier molecular flexibility index (Phi) is 5.68. The maximum Gasteiger partial charge on any atom is 0.303 e. The van der Waals surface area contributed by atoms with E-state index in [0.717, 1.165) is 43.5 Å². The lowest BCUT2D eigenvalue weighted by Gasteiger charge is -2.27. The summed E-state index contributed by atoms with van der Waals surface area (Å²) in [6, 6.07) is 6.32. The van der Waals surface area contributed by atoms with Crippen LogP contribution in [0.2, 0.25) is 0 Å². The van der Waals surface area contributed by atoms with Gasteiger partial charge in [-0.15, -0.1) is 0 Å². The van der Waals surface area contributed by atoms with Gasteiger partial charge in [-0.25, -0.2) is 0 Å². The number of carbonyl (C=O) groups is 1. The van der Waals surface area contributed by atoms with Crippen LogP contribution in [0.25, 0.3) is 0 Å². The highest BCUT2D eigenvalue weighted by Gasteiger charge is 2.30. The molecule has 6 nitrogen and oxygen atoms in total. The highest BCUT2D eigenvalue weighted by Crippen LogP contribution is 2.36. The number of ether oxygens (including phenoxy) is 1. The van der Waals surface area contributed by atoms with Gasteiger partial charge in [0.2, 0.25) is 0 Å². The second kappa shape index (κ2) is 7.95. The molecule has 1 aromatic rings.